The van der Waals surface area contributed by atoms with Crippen LogP contribution in [0.3, 0.4) is 0 Å². The van der Waals surface area contributed by atoms with E-state index in [0.717, 1.165) is 36.5 Å². The first-order valence-electron chi connectivity index (χ1n) is 8.17. The van der Waals surface area contributed by atoms with Gasteiger partial charge in [-0.15, -0.1) is 0 Å². The van der Waals surface area contributed by atoms with Crippen LogP contribution in [0.25, 0.3) is 0 Å². The number of aryl methyl sites for hydroxylation is 1. The zero-order valence-corrected chi connectivity index (χ0v) is 15.0. The Hall–Kier alpha value is -1.93. The number of anilines is 1. The van der Waals surface area contributed by atoms with Gasteiger partial charge >= 0.3 is 0 Å². The molecule has 0 saturated carbocycles. The monoisotopic (exact) mass is 366 g/mol. The predicted molar refractivity (Wildman–Crippen MR) is 92.4 cm³/mol. The summed E-state index contributed by atoms with van der Waals surface area (Å²) in [7, 11) is 0. The summed E-state index contributed by atoms with van der Waals surface area (Å²) in [5.41, 5.74) is 1.50. The van der Waals surface area contributed by atoms with Crippen LogP contribution in [0, 0.1) is 24.6 Å². The lowest BCUT2D eigenvalue weighted by atomic mass is 9.98. The van der Waals surface area contributed by atoms with E-state index in [-0.39, 0.29) is 16.9 Å². The molecule has 2 aromatic rings. The lowest BCUT2D eigenvalue weighted by Gasteiger charge is -2.15. The summed E-state index contributed by atoms with van der Waals surface area (Å²) in [4.78, 5) is 21.4. The summed E-state index contributed by atoms with van der Waals surface area (Å²) in [5.74, 6) is -0.733. The third-order valence-electron chi connectivity index (χ3n) is 4.25. The van der Waals surface area contributed by atoms with Crippen molar-refractivity contribution in [2.45, 2.75) is 33.2 Å². The highest BCUT2D eigenvalue weighted by atomic mass is 32.1. The van der Waals surface area contributed by atoms with Crippen LogP contribution in [0.2, 0.25) is 0 Å². The Labute approximate surface area is 149 Å². The third-order valence-corrected chi connectivity index (χ3v) is 5.18. The number of hydrogen-bond donors (Lipinski definition) is 1. The second-order valence-corrected chi connectivity index (χ2v) is 7.51. The van der Waals surface area contributed by atoms with Crippen molar-refractivity contribution in [3.63, 3.8) is 0 Å². The Balaban J connectivity index is 1.59. The first-order chi connectivity index (χ1) is 11.9. The average Bonchev–Trinajstić information content (AvgIpc) is 3.10. The van der Waals surface area contributed by atoms with Crippen LogP contribution in [0.15, 0.2) is 12.3 Å². The van der Waals surface area contributed by atoms with Crippen LogP contribution in [-0.4, -0.2) is 33.9 Å². The molecule has 2 aromatic heterocycles. The molecular formula is C17H20F2N4OS. The topological polar surface area (TPSA) is 58.1 Å². The van der Waals surface area contributed by atoms with Gasteiger partial charge in [0.1, 0.15) is 5.82 Å². The molecule has 134 valence electrons. The summed E-state index contributed by atoms with van der Waals surface area (Å²) >= 11 is 1.16. The van der Waals surface area contributed by atoms with Crippen molar-refractivity contribution in [2.75, 3.05) is 18.4 Å². The molecule has 1 atom stereocenters. The number of nitrogens with one attached hydrogen (secondary N) is 1. The van der Waals surface area contributed by atoms with Gasteiger partial charge in [-0.25, -0.2) is 4.39 Å². The fourth-order valence-corrected chi connectivity index (χ4v) is 4.06. The zero-order valence-electron chi connectivity index (χ0n) is 14.2. The molecule has 1 saturated heterocycles. The second kappa shape index (κ2) is 7.53. The number of rotatable bonds is 5. The maximum absolute atomic E-state index is 13.9. The Morgan fingerprint density at radius 3 is 3.04 bits per heavy atom. The van der Waals surface area contributed by atoms with Crippen molar-refractivity contribution in [2.24, 2.45) is 5.92 Å². The minimum Gasteiger partial charge on any atom is -0.302 e. The molecule has 0 aliphatic carbocycles. The van der Waals surface area contributed by atoms with Crippen molar-refractivity contribution in [1.29, 1.82) is 0 Å². The lowest BCUT2D eigenvalue weighted by Crippen LogP contribution is -2.20. The Bertz CT molecular complexity index is 780. The molecule has 1 amide bonds. The molecule has 5 nitrogen and oxygen atoms in total. The van der Waals surface area contributed by atoms with Crippen LogP contribution >= 0.6 is 11.3 Å². The van der Waals surface area contributed by atoms with E-state index in [9.17, 15) is 13.6 Å². The number of thiazole rings is 1. The molecule has 0 spiro atoms. The van der Waals surface area contributed by atoms with Crippen LogP contribution in [0.5, 0.6) is 0 Å². The number of pyridine rings is 1. The zero-order chi connectivity index (χ0) is 18.0. The molecule has 25 heavy (non-hydrogen) atoms. The van der Waals surface area contributed by atoms with Crippen molar-refractivity contribution in [3.05, 3.63) is 40.2 Å². The van der Waals surface area contributed by atoms with Gasteiger partial charge in [0.05, 0.1) is 11.1 Å². The maximum Gasteiger partial charge on any atom is 0.230 e. The number of likely N-dealkylation sites (tertiary alicyclic amines) is 1. The van der Waals surface area contributed by atoms with Gasteiger partial charge in [0.25, 0.3) is 0 Å². The largest absolute Gasteiger partial charge is 0.302 e. The SMILES string of the molecule is CC(=O)Nc1nc(F)c(CN2CCC(Cc3cc(C)ncc3F)C2)s1. The fraction of sp³-hybridized carbons (Fsp3) is 0.471. The van der Waals surface area contributed by atoms with Crippen LogP contribution in [-0.2, 0) is 17.8 Å². The van der Waals surface area contributed by atoms with Crippen LogP contribution < -0.4 is 5.32 Å². The number of carbonyl (C=O) groups excluding carboxylic acids is 1. The number of carbonyl (C=O) groups is 1. The smallest absolute Gasteiger partial charge is 0.230 e. The average molecular weight is 366 g/mol. The third kappa shape index (κ3) is 4.58. The standard InChI is InChI=1S/C17H20F2N4OS/c1-10-5-13(14(18)7-20-10)6-12-3-4-23(8-12)9-15-16(19)22-17(25-15)21-11(2)24/h5,7,12H,3-4,6,8-9H2,1-2H3,(H,21,22,24). The van der Waals surface area contributed by atoms with Gasteiger partial charge in [0.15, 0.2) is 5.13 Å². The normalized spacial score (nSPS) is 17.8. The summed E-state index contributed by atoms with van der Waals surface area (Å²) in [5, 5.41) is 2.79. The van der Waals surface area contributed by atoms with E-state index >= 15 is 0 Å². The minimum atomic E-state index is -0.534. The fourth-order valence-electron chi connectivity index (χ4n) is 3.13. The first kappa shape index (κ1) is 17.9. The van der Waals surface area contributed by atoms with Crippen molar-refractivity contribution in [3.8, 4) is 0 Å². The second-order valence-electron chi connectivity index (χ2n) is 6.43. The van der Waals surface area contributed by atoms with E-state index in [1.807, 2.05) is 6.92 Å². The highest BCUT2D eigenvalue weighted by Gasteiger charge is 2.25. The summed E-state index contributed by atoms with van der Waals surface area (Å²) in [6, 6.07) is 1.79. The van der Waals surface area contributed by atoms with E-state index in [2.05, 4.69) is 20.2 Å². The molecule has 1 N–H and O–H groups in total. The van der Waals surface area contributed by atoms with E-state index < -0.39 is 5.95 Å². The van der Waals surface area contributed by atoms with Gasteiger partial charge in [0, 0.05) is 25.7 Å². The molecule has 1 fully saturated rings. The maximum atomic E-state index is 13.9. The van der Waals surface area contributed by atoms with Crippen LogP contribution in [0.4, 0.5) is 13.9 Å². The Kier molecular flexibility index (Phi) is 5.39. The van der Waals surface area contributed by atoms with Gasteiger partial charge in [-0.05, 0) is 43.9 Å². The lowest BCUT2D eigenvalue weighted by molar-refractivity contribution is -0.114. The molecule has 3 heterocycles. The van der Waals surface area contributed by atoms with E-state index in [1.54, 1.807) is 6.07 Å². The van der Waals surface area contributed by atoms with Gasteiger partial charge in [-0.3, -0.25) is 14.7 Å². The first-order valence-corrected chi connectivity index (χ1v) is 8.98. The van der Waals surface area contributed by atoms with Gasteiger partial charge in [-0.2, -0.15) is 9.37 Å². The number of halogens is 2. The number of hydrogen-bond acceptors (Lipinski definition) is 5. The highest BCUT2D eigenvalue weighted by molar-refractivity contribution is 7.15. The van der Waals surface area contributed by atoms with Gasteiger partial charge in [0.2, 0.25) is 11.9 Å². The molecular weight excluding hydrogens is 346 g/mol. The highest BCUT2D eigenvalue weighted by Crippen LogP contribution is 2.28. The molecule has 1 aliphatic heterocycles. The number of nitrogens with zero attached hydrogens (tertiary/aromatic N) is 3. The number of aromatic nitrogens is 2. The van der Waals surface area contributed by atoms with E-state index in [1.165, 1.54) is 13.1 Å². The summed E-state index contributed by atoms with van der Waals surface area (Å²) < 4.78 is 27.8. The number of amides is 1. The Morgan fingerprint density at radius 2 is 2.28 bits per heavy atom. The van der Waals surface area contributed by atoms with Crippen molar-refractivity contribution >= 4 is 22.4 Å². The van der Waals surface area contributed by atoms with E-state index in [4.69, 9.17) is 0 Å². The molecule has 0 aromatic carbocycles. The minimum absolute atomic E-state index is 0.266. The van der Waals surface area contributed by atoms with Gasteiger partial charge < -0.3 is 5.32 Å². The van der Waals surface area contributed by atoms with Crippen LogP contribution in [0.1, 0.15) is 29.5 Å². The quantitative estimate of drug-likeness (QED) is 0.883. The Morgan fingerprint density at radius 1 is 1.48 bits per heavy atom. The molecule has 0 radical (unpaired) electrons. The molecule has 3 rings (SSSR count). The van der Waals surface area contributed by atoms with Gasteiger partial charge in [-0.1, -0.05) is 11.3 Å². The summed E-state index contributed by atoms with van der Waals surface area (Å²) in [6.07, 6.45) is 2.88. The summed E-state index contributed by atoms with van der Waals surface area (Å²) in [6.45, 7) is 5.29. The predicted octanol–water partition coefficient (Wildman–Crippen LogP) is 3.15. The molecule has 0 bridgehead atoms. The van der Waals surface area contributed by atoms with Crippen molar-refractivity contribution in [1.82, 2.24) is 14.9 Å². The van der Waals surface area contributed by atoms with E-state index in [0.29, 0.717) is 29.3 Å². The van der Waals surface area contributed by atoms with Crippen molar-refractivity contribution < 1.29 is 13.6 Å². The molecule has 1 aliphatic rings. The molecule has 1 unspecified atom stereocenters. The molecule has 8 heteroatoms.